The number of carbonyl (C=O) groups excluding carboxylic acids is 1. The second-order valence-electron chi connectivity index (χ2n) is 6.15. The first kappa shape index (κ1) is 16.0. The lowest BCUT2D eigenvalue weighted by atomic mass is 9.89. The van der Waals surface area contributed by atoms with Crippen LogP contribution in [0, 0.1) is 0 Å². The van der Waals surface area contributed by atoms with E-state index in [1.165, 1.54) is 31.5 Å². The Morgan fingerprint density at radius 3 is 2.83 bits per heavy atom. The summed E-state index contributed by atoms with van der Waals surface area (Å²) in [6.07, 6.45) is 2.62. The summed E-state index contributed by atoms with van der Waals surface area (Å²) in [5.74, 6) is 1.06. The summed E-state index contributed by atoms with van der Waals surface area (Å²) in [6.45, 7) is 7.93. The molecule has 0 radical (unpaired) electrons. The number of nitrogens with one attached hydrogen (secondary N) is 1. The zero-order valence-electron chi connectivity index (χ0n) is 14.0. The van der Waals surface area contributed by atoms with Crippen LogP contribution in [0.4, 0.5) is 0 Å². The quantitative estimate of drug-likeness (QED) is 0.862. The summed E-state index contributed by atoms with van der Waals surface area (Å²) < 4.78 is 4.98. The maximum Gasteiger partial charge on any atom is 0.313 e. The standard InChI is InChI=1S/C18H25N3O2/c1-3-21-9-7-13(8-10-21)14-5-6-15-16(11-14)20-17(19-15)12-18(22)23-4-2/h5-6,11,13H,3-4,7-10,12H2,1-2H3,(H,19,20). The Bertz CT molecular complexity index is 672. The average molecular weight is 315 g/mol. The summed E-state index contributed by atoms with van der Waals surface area (Å²) in [4.78, 5) is 21.8. The van der Waals surface area contributed by atoms with Crippen LogP contribution in [0.1, 0.15) is 44.0 Å². The summed E-state index contributed by atoms with van der Waals surface area (Å²) in [6, 6.07) is 6.44. The fraction of sp³-hybridized carbons (Fsp3) is 0.556. The van der Waals surface area contributed by atoms with Crippen LogP contribution >= 0.6 is 0 Å². The zero-order chi connectivity index (χ0) is 16.2. The fourth-order valence-corrected chi connectivity index (χ4v) is 3.35. The number of hydrogen-bond acceptors (Lipinski definition) is 4. The molecule has 1 N–H and O–H groups in total. The van der Waals surface area contributed by atoms with Gasteiger partial charge in [0.2, 0.25) is 0 Å². The maximum atomic E-state index is 11.6. The number of rotatable bonds is 5. The van der Waals surface area contributed by atoms with Crippen molar-refractivity contribution in [1.82, 2.24) is 14.9 Å². The Hall–Kier alpha value is -1.88. The molecule has 2 heterocycles. The number of benzene rings is 1. The molecule has 1 aromatic carbocycles. The number of aromatic amines is 1. The first-order chi connectivity index (χ1) is 11.2. The molecule has 1 fully saturated rings. The van der Waals surface area contributed by atoms with E-state index in [-0.39, 0.29) is 12.4 Å². The maximum absolute atomic E-state index is 11.6. The van der Waals surface area contributed by atoms with Crippen LogP contribution in [0.3, 0.4) is 0 Å². The van der Waals surface area contributed by atoms with Gasteiger partial charge in [0.15, 0.2) is 0 Å². The van der Waals surface area contributed by atoms with Gasteiger partial charge in [-0.25, -0.2) is 4.98 Å². The molecule has 0 spiro atoms. The van der Waals surface area contributed by atoms with Gasteiger partial charge in [0.1, 0.15) is 12.2 Å². The molecule has 23 heavy (non-hydrogen) atoms. The number of imidazole rings is 1. The summed E-state index contributed by atoms with van der Waals surface area (Å²) in [5.41, 5.74) is 3.30. The number of nitrogens with zero attached hydrogens (tertiary/aromatic N) is 2. The van der Waals surface area contributed by atoms with Crippen LogP contribution < -0.4 is 0 Å². The summed E-state index contributed by atoms with van der Waals surface area (Å²) in [5, 5.41) is 0. The molecule has 2 aromatic rings. The molecule has 1 saturated heterocycles. The lowest BCUT2D eigenvalue weighted by molar-refractivity contribution is -0.142. The Morgan fingerprint density at radius 2 is 2.13 bits per heavy atom. The van der Waals surface area contributed by atoms with E-state index in [0.29, 0.717) is 18.3 Å². The molecule has 1 aliphatic heterocycles. The highest BCUT2D eigenvalue weighted by atomic mass is 16.5. The summed E-state index contributed by atoms with van der Waals surface area (Å²) >= 11 is 0. The first-order valence-electron chi connectivity index (χ1n) is 8.56. The van der Waals surface area contributed by atoms with Gasteiger partial charge in [-0.2, -0.15) is 0 Å². The van der Waals surface area contributed by atoms with Crippen LogP contribution in [0.5, 0.6) is 0 Å². The van der Waals surface area contributed by atoms with E-state index in [9.17, 15) is 4.79 Å². The fourth-order valence-electron chi connectivity index (χ4n) is 3.35. The highest BCUT2D eigenvalue weighted by Gasteiger charge is 2.20. The van der Waals surface area contributed by atoms with E-state index < -0.39 is 0 Å². The Kier molecular flexibility index (Phi) is 4.96. The van der Waals surface area contributed by atoms with Gasteiger partial charge < -0.3 is 14.6 Å². The van der Waals surface area contributed by atoms with E-state index in [1.807, 2.05) is 6.92 Å². The van der Waals surface area contributed by atoms with Gasteiger partial charge in [-0.1, -0.05) is 13.0 Å². The van der Waals surface area contributed by atoms with Gasteiger partial charge >= 0.3 is 5.97 Å². The molecule has 1 aromatic heterocycles. The van der Waals surface area contributed by atoms with Crippen LogP contribution in [0.2, 0.25) is 0 Å². The number of H-pyrrole nitrogens is 1. The van der Waals surface area contributed by atoms with Crippen LogP contribution in [0.15, 0.2) is 18.2 Å². The molecule has 0 atom stereocenters. The number of hydrogen-bond donors (Lipinski definition) is 1. The molecular weight excluding hydrogens is 290 g/mol. The van der Waals surface area contributed by atoms with Crippen molar-refractivity contribution in [1.29, 1.82) is 0 Å². The normalized spacial score (nSPS) is 16.8. The molecule has 1 aliphatic rings. The van der Waals surface area contributed by atoms with Gasteiger partial charge in [-0.3, -0.25) is 4.79 Å². The lowest BCUT2D eigenvalue weighted by Gasteiger charge is -2.31. The van der Waals surface area contributed by atoms with Crippen molar-refractivity contribution in [3.05, 3.63) is 29.6 Å². The topological polar surface area (TPSA) is 58.2 Å². The minimum Gasteiger partial charge on any atom is -0.466 e. The SMILES string of the molecule is CCOC(=O)Cc1nc2ccc(C3CCN(CC)CC3)cc2[nH]1. The van der Waals surface area contributed by atoms with E-state index in [2.05, 4.69) is 40.0 Å². The number of likely N-dealkylation sites (tertiary alicyclic amines) is 1. The smallest absolute Gasteiger partial charge is 0.313 e. The second-order valence-corrected chi connectivity index (χ2v) is 6.15. The number of carbonyl (C=O) groups is 1. The molecule has 3 rings (SSSR count). The van der Waals surface area contributed by atoms with E-state index in [4.69, 9.17) is 4.74 Å². The molecular formula is C18H25N3O2. The number of aromatic nitrogens is 2. The van der Waals surface area contributed by atoms with Crippen molar-refractivity contribution in [3.63, 3.8) is 0 Å². The molecule has 124 valence electrons. The molecule has 5 nitrogen and oxygen atoms in total. The van der Waals surface area contributed by atoms with Crippen LogP contribution in [-0.2, 0) is 16.0 Å². The van der Waals surface area contributed by atoms with Gasteiger partial charge in [-0.05, 0) is 63.0 Å². The molecule has 5 heteroatoms. The highest BCUT2D eigenvalue weighted by Crippen LogP contribution is 2.29. The third-order valence-electron chi connectivity index (χ3n) is 4.68. The van der Waals surface area contributed by atoms with Crippen molar-refractivity contribution in [2.45, 2.75) is 39.0 Å². The minimum absolute atomic E-state index is 0.201. The predicted octanol–water partition coefficient (Wildman–Crippen LogP) is 2.87. The number of ether oxygens (including phenoxy) is 1. The van der Waals surface area contributed by atoms with Gasteiger partial charge in [0, 0.05) is 0 Å². The third-order valence-corrected chi connectivity index (χ3v) is 4.68. The van der Waals surface area contributed by atoms with Crippen molar-refractivity contribution >= 4 is 17.0 Å². The van der Waals surface area contributed by atoms with Crippen molar-refractivity contribution in [2.24, 2.45) is 0 Å². The monoisotopic (exact) mass is 315 g/mol. The zero-order valence-corrected chi connectivity index (χ0v) is 14.0. The molecule has 0 bridgehead atoms. The Labute approximate surface area is 137 Å². The Balaban J connectivity index is 1.73. The van der Waals surface area contributed by atoms with Crippen molar-refractivity contribution in [2.75, 3.05) is 26.2 Å². The predicted molar refractivity (Wildman–Crippen MR) is 90.5 cm³/mol. The molecule has 0 saturated carbocycles. The number of esters is 1. The van der Waals surface area contributed by atoms with E-state index in [1.54, 1.807) is 0 Å². The van der Waals surface area contributed by atoms with E-state index >= 15 is 0 Å². The molecule has 0 amide bonds. The lowest BCUT2D eigenvalue weighted by Crippen LogP contribution is -2.32. The number of fused-ring (bicyclic) bond motifs is 1. The molecule has 0 unspecified atom stereocenters. The number of piperidine rings is 1. The highest BCUT2D eigenvalue weighted by molar-refractivity contribution is 5.78. The largest absolute Gasteiger partial charge is 0.466 e. The van der Waals surface area contributed by atoms with Gasteiger partial charge in [0.05, 0.1) is 17.6 Å². The first-order valence-corrected chi connectivity index (χ1v) is 8.56. The van der Waals surface area contributed by atoms with Gasteiger partial charge in [0.25, 0.3) is 0 Å². The van der Waals surface area contributed by atoms with Gasteiger partial charge in [-0.15, -0.1) is 0 Å². The van der Waals surface area contributed by atoms with E-state index in [0.717, 1.165) is 17.6 Å². The summed E-state index contributed by atoms with van der Waals surface area (Å²) in [7, 11) is 0. The Morgan fingerprint density at radius 1 is 1.35 bits per heavy atom. The van der Waals surface area contributed by atoms with Crippen molar-refractivity contribution < 1.29 is 9.53 Å². The minimum atomic E-state index is -0.237. The van der Waals surface area contributed by atoms with Crippen molar-refractivity contribution in [3.8, 4) is 0 Å². The second kappa shape index (κ2) is 7.13. The average Bonchev–Trinajstić information content (AvgIpc) is 2.96. The van der Waals surface area contributed by atoms with Crippen LogP contribution in [0.25, 0.3) is 11.0 Å². The van der Waals surface area contributed by atoms with Crippen LogP contribution in [-0.4, -0.2) is 47.1 Å². The third kappa shape index (κ3) is 3.72. The molecule has 0 aliphatic carbocycles.